The van der Waals surface area contributed by atoms with E-state index in [-0.39, 0.29) is 11.8 Å². The fourth-order valence-electron chi connectivity index (χ4n) is 3.68. The van der Waals surface area contributed by atoms with Crippen molar-refractivity contribution in [1.82, 2.24) is 9.78 Å². The molecule has 1 aromatic heterocycles. The molecule has 1 amide bonds. The minimum absolute atomic E-state index is 0.0526. The molecule has 3 heterocycles. The molecule has 5 heteroatoms. The van der Waals surface area contributed by atoms with E-state index in [4.69, 9.17) is 4.74 Å². The Hall–Kier alpha value is -2.14. The molecule has 1 aromatic carbocycles. The molecular weight excluding hydrogens is 290 g/mol. The number of aryl methyl sites for hydroxylation is 1. The molecule has 1 fully saturated rings. The number of carbonyl (C=O) groups is 1. The Morgan fingerprint density at radius 2 is 2.17 bits per heavy atom. The van der Waals surface area contributed by atoms with Crippen LogP contribution in [0.15, 0.2) is 30.5 Å². The Morgan fingerprint density at radius 3 is 2.96 bits per heavy atom. The third-order valence-corrected chi connectivity index (χ3v) is 4.86. The summed E-state index contributed by atoms with van der Waals surface area (Å²) in [6.07, 6.45) is 2.78. The minimum Gasteiger partial charge on any atom is -0.381 e. The Kier molecular flexibility index (Phi) is 3.45. The van der Waals surface area contributed by atoms with E-state index in [1.807, 2.05) is 36.3 Å². The lowest BCUT2D eigenvalue weighted by atomic mass is 10.0. The van der Waals surface area contributed by atoms with Gasteiger partial charge in [-0.05, 0) is 18.1 Å². The second kappa shape index (κ2) is 5.49. The molecule has 0 unspecified atom stereocenters. The summed E-state index contributed by atoms with van der Waals surface area (Å²) in [6.45, 7) is 4.30. The monoisotopic (exact) mass is 311 g/mol. The van der Waals surface area contributed by atoms with Gasteiger partial charge in [0.05, 0.1) is 17.9 Å². The van der Waals surface area contributed by atoms with Crippen molar-refractivity contribution in [3.8, 4) is 0 Å². The summed E-state index contributed by atoms with van der Waals surface area (Å²) >= 11 is 0. The first-order valence-corrected chi connectivity index (χ1v) is 8.17. The van der Waals surface area contributed by atoms with Crippen LogP contribution in [-0.2, 0) is 11.8 Å². The third kappa shape index (κ3) is 2.36. The normalized spacial score (nSPS) is 23.3. The van der Waals surface area contributed by atoms with Crippen LogP contribution in [0.4, 0.5) is 5.69 Å². The second-order valence-corrected chi connectivity index (χ2v) is 6.54. The summed E-state index contributed by atoms with van der Waals surface area (Å²) in [6, 6.07) is 8.18. The maximum atomic E-state index is 13.2. The van der Waals surface area contributed by atoms with E-state index >= 15 is 0 Å². The molecule has 23 heavy (non-hydrogen) atoms. The standard InChI is InChI=1S/C18H21N3O2/c1-12-9-21(16-6-4-3-5-14(12)16)18(22)15-10-20(2)19-17(15)13-7-8-23-11-13/h3-6,10,12-13H,7-9,11H2,1-2H3/t12-,13+/m0/s1. The summed E-state index contributed by atoms with van der Waals surface area (Å²) < 4.78 is 7.22. The highest BCUT2D eigenvalue weighted by Gasteiger charge is 2.34. The number of nitrogens with zero attached hydrogens (tertiary/aromatic N) is 3. The molecule has 0 aliphatic carbocycles. The fraction of sp³-hybridized carbons (Fsp3) is 0.444. The number of ether oxygens (including phenoxy) is 1. The molecular formula is C18H21N3O2. The largest absolute Gasteiger partial charge is 0.381 e. The third-order valence-electron chi connectivity index (χ3n) is 4.86. The lowest BCUT2D eigenvalue weighted by molar-refractivity contribution is 0.0987. The van der Waals surface area contributed by atoms with Crippen LogP contribution in [-0.4, -0.2) is 35.4 Å². The average molecular weight is 311 g/mol. The highest BCUT2D eigenvalue weighted by atomic mass is 16.5. The maximum Gasteiger partial charge on any atom is 0.261 e. The summed E-state index contributed by atoms with van der Waals surface area (Å²) in [5.74, 6) is 0.646. The van der Waals surface area contributed by atoms with Gasteiger partial charge >= 0.3 is 0 Å². The molecule has 0 radical (unpaired) electrons. The summed E-state index contributed by atoms with van der Waals surface area (Å²) in [5.41, 5.74) is 3.87. The van der Waals surface area contributed by atoms with E-state index in [9.17, 15) is 4.79 Å². The Morgan fingerprint density at radius 1 is 1.35 bits per heavy atom. The van der Waals surface area contributed by atoms with Gasteiger partial charge in [-0.15, -0.1) is 0 Å². The van der Waals surface area contributed by atoms with Crippen LogP contribution in [0.1, 0.15) is 46.8 Å². The predicted octanol–water partition coefficient (Wildman–Crippen LogP) is 2.69. The van der Waals surface area contributed by atoms with E-state index < -0.39 is 0 Å². The number of amides is 1. The van der Waals surface area contributed by atoms with Gasteiger partial charge in [-0.3, -0.25) is 9.48 Å². The molecule has 2 atom stereocenters. The number of hydrogen-bond acceptors (Lipinski definition) is 3. The number of hydrogen-bond donors (Lipinski definition) is 0. The topological polar surface area (TPSA) is 47.4 Å². The zero-order valence-electron chi connectivity index (χ0n) is 13.5. The van der Waals surface area contributed by atoms with Crippen LogP contribution < -0.4 is 4.90 Å². The smallest absolute Gasteiger partial charge is 0.261 e. The molecule has 0 N–H and O–H groups in total. The molecule has 5 nitrogen and oxygen atoms in total. The van der Waals surface area contributed by atoms with Crippen LogP contribution >= 0.6 is 0 Å². The average Bonchev–Trinajstić information content (AvgIpc) is 3.26. The first-order chi connectivity index (χ1) is 11.1. The molecule has 2 aliphatic heterocycles. The van der Waals surface area contributed by atoms with Crippen LogP contribution in [0.5, 0.6) is 0 Å². The lowest BCUT2D eigenvalue weighted by Gasteiger charge is -2.18. The van der Waals surface area contributed by atoms with Crippen molar-refractivity contribution in [3.05, 3.63) is 47.3 Å². The van der Waals surface area contributed by atoms with Crippen LogP contribution in [0, 0.1) is 0 Å². The molecule has 1 saturated heterocycles. The minimum atomic E-state index is 0.0526. The number of rotatable bonds is 2. The van der Waals surface area contributed by atoms with Crippen molar-refractivity contribution in [3.63, 3.8) is 0 Å². The van der Waals surface area contributed by atoms with Crippen molar-refractivity contribution in [2.75, 3.05) is 24.7 Å². The quantitative estimate of drug-likeness (QED) is 0.857. The van der Waals surface area contributed by atoms with Gasteiger partial charge in [-0.2, -0.15) is 5.10 Å². The Bertz CT molecular complexity index is 746. The molecule has 0 bridgehead atoms. The van der Waals surface area contributed by atoms with Crippen LogP contribution in [0.25, 0.3) is 0 Å². The van der Waals surface area contributed by atoms with Gasteiger partial charge in [0.2, 0.25) is 0 Å². The van der Waals surface area contributed by atoms with Gasteiger partial charge in [0.15, 0.2) is 0 Å². The zero-order chi connectivity index (χ0) is 16.0. The Balaban J connectivity index is 1.71. The first kappa shape index (κ1) is 14.5. The predicted molar refractivity (Wildman–Crippen MR) is 87.9 cm³/mol. The maximum absolute atomic E-state index is 13.2. The first-order valence-electron chi connectivity index (χ1n) is 8.17. The van der Waals surface area contributed by atoms with Gasteiger partial charge in [-0.25, -0.2) is 0 Å². The summed E-state index contributed by atoms with van der Waals surface area (Å²) in [4.78, 5) is 15.1. The lowest BCUT2D eigenvalue weighted by Crippen LogP contribution is -2.30. The summed E-state index contributed by atoms with van der Waals surface area (Å²) in [7, 11) is 1.87. The van der Waals surface area contributed by atoms with Gasteiger partial charge < -0.3 is 9.64 Å². The highest BCUT2D eigenvalue weighted by molar-refractivity contribution is 6.08. The Labute approximate surface area is 135 Å². The van der Waals surface area contributed by atoms with Gasteiger partial charge in [0, 0.05) is 43.9 Å². The zero-order valence-corrected chi connectivity index (χ0v) is 13.5. The highest BCUT2D eigenvalue weighted by Crippen LogP contribution is 2.37. The SMILES string of the molecule is C[C@H]1CN(C(=O)c2cn(C)nc2[C@@H]2CCOC2)c2ccccc21. The number of anilines is 1. The molecule has 4 rings (SSSR count). The number of carbonyl (C=O) groups excluding carboxylic acids is 1. The van der Waals surface area contributed by atoms with E-state index in [0.717, 1.165) is 31.0 Å². The molecule has 2 aliphatic rings. The van der Waals surface area contributed by atoms with Gasteiger partial charge in [0.1, 0.15) is 0 Å². The molecule has 0 spiro atoms. The van der Waals surface area contributed by atoms with Crippen LogP contribution in [0.2, 0.25) is 0 Å². The molecule has 120 valence electrons. The van der Waals surface area contributed by atoms with Crippen molar-refractivity contribution in [2.24, 2.45) is 7.05 Å². The van der Waals surface area contributed by atoms with Crippen molar-refractivity contribution in [1.29, 1.82) is 0 Å². The molecule has 2 aromatic rings. The van der Waals surface area contributed by atoms with Gasteiger partial charge in [0.25, 0.3) is 5.91 Å². The number of fused-ring (bicyclic) bond motifs is 1. The van der Waals surface area contributed by atoms with E-state index in [2.05, 4.69) is 18.1 Å². The molecule has 0 saturated carbocycles. The second-order valence-electron chi connectivity index (χ2n) is 6.54. The fourth-order valence-corrected chi connectivity index (χ4v) is 3.68. The number of para-hydroxylation sites is 1. The van der Waals surface area contributed by atoms with E-state index in [1.165, 1.54) is 5.56 Å². The number of benzene rings is 1. The number of aromatic nitrogens is 2. The van der Waals surface area contributed by atoms with Gasteiger partial charge in [-0.1, -0.05) is 25.1 Å². The van der Waals surface area contributed by atoms with E-state index in [0.29, 0.717) is 18.1 Å². The van der Waals surface area contributed by atoms with Crippen molar-refractivity contribution >= 4 is 11.6 Å². The van der Waals surface area contributed by atoms with Crippen molar-refractivity contribution in [2.45, 2.75) is 25.2 Å². The summed E-state index contributed by atoms with van der Waals surface area (Å²) in [5, 5.41) is 4.55. The van der Waals surface area contributed by atoms with Crippen molar-refractivity contribution < 1.29 is 9.53 Å². The van der Waals surface area contributed by atoms with E-state index in [1.54, 1.807) is 4.68 Å². The van der Waals surface area contributed by atoms with Crippen LogP contribution in [0.3, 0.4) is 0 Å².